The van der Waals surface area contributed by atoms with E-state index in [2.05, 4.69) is 31.0 Å². The Balaban J connectivity index is 4.64. The van der Waals surface area contributed by atoms with Crippen molar-refractivity contribution in [1.29, 1.82) is 0 Å². The Bertz CT molecular complexity index is 169. The van der Waals surface area contributed by atoms with Gasteiger partial charge in [0, 0.05) is 31.0 Å². The van der Waals surface area contributed by atoms with Crippen molar-refractivity contribution in [1.82, 2.24) is 10.2 Å². The number of rotatable bonds is 4. The van der Waals surface area contributed by atoms with Gasteiger partial charge in [-0.25, -0.2) is 0 Å². The second-order valence-corrected chi connectivity index (χ2v) is 3.91. The van der Waals surface area contributed by atoms with Gasteiger partial charge in [0.1, 0.15) is 0 Å². The largest absolute Gasteiger partial charge is 0.393 e. The highest BCUT2D eigenvalue weighted by molar-refractivity contribution is 5.04. The Hall–Kier alpha value is -0.740. The number of hydrogen-bond acceptors (Lipinski definition) is 4. The van der Waals surface area contributed by atoms with Crippen LogP contribution in [0.3, 0.4) is 0 Å². The van der Waals surface area contributed by atoms with E-state index >= 15 is 0 Å². The van der Waals surface area contributed by atoms with Crippen LogP contribution in [0.25, 0.3) is 0 Å². The Morgan fingerprint density at radius 1 is 1.38 bits per heavy atom. The summed E-state index contributed by atoms with van der Waals surface area (Å²) < 4.78 is 0. The van der Waals surface area contributed by atoms with Gasteiger partial charge in [-0.3, -0.25) is 0 Å². The highest BCUT2D eigenvalue weighted by Crippen LogP contribution is 2.16. The molecule has 4 nitrogen and oxygen atoms in total. The van der Waals surface area contributed by atoms with E-state index in [4.69, 9.17) is 11.5 Å². The second kappa shape index (κ2) is 5.09. The van der Waals surface area contributed by atoms with E-state index in [1.807, 2.05) is 13.2 Å². The molecule has 0 unspecified atom stereocenters. The molecule has 0 aliphatic rings. The van der Waals surface area contributed by atoms with E-state index in [0.29, 0.717) is 13.2 Å². The molecule has 13 heavy (non-hydrogen) atoms. The van der Waals surface area contributed by atoms with E-state index < -0.39 is 0 Å². The molecule has 0 aromatic rings. The number of hydrogen-bond donors (Lipinski definition) is 3. The van der Waals surface area contributed by atoms with Gasteiger partial charge in [-0.05, 0) is 20.8 Å². The summed E-state index contributed by atoms with van der Waals surface area (Å²) in [6, 6.07) is 0. The minimum absolute atomic E-state index is 0.0107. The Kier molecular flexibility index (Phi) is 4.80. The third-order valence-electron chi connectivity index (χ3n) is 1.86. The first-order chi connectivity index (χ1) is 5.97. The van der Waals surface area contributed by atoms with E-state index in [0.717, 1.165) is 5.70 Å². The zero-order valence-electron chi connectivity index (χ0n) is 9.09. The number of nitrogens with two attached hydrogens (primary N) is 2. The molecule has 0 aliphatic carbocycles. The highest BCUT2D eigenvalue weighted by atomic mass is 15.2. The topological polar surface area (TPSA) is 67.3 Å². The van der Waals surface area contributed by atoms with Crippen LogP contribution in [0, 0.1) is 0 Å². The maximum atomic E-state index is 5.67. The SMILES string of the molecule is CN/C=C(\CN)N(CN)C(C)(C)C. The van der Waals surface area contributed by atoms with Gasteiger partial charge in [0.25, 0.3) is 0 Å². The molecule has 5 N–H and O–H groups in total. The lowest BCUT2D eigenvalue weighted by molar-refractivity contribution is 0.187. The molecular weight excluding hydrogens is 164 g/mol. The molecule has 0 spiro atoms. The minimum atomic E-state index is 0.0107. The normalized spacial score (nSPS) is 12.9. The van der Waals surface area contributed by atoms with Crippen molar-refractivity contribution in [2.45, 2.75) is 26.3 Å². The minimum Gasteiger partial charge on any atom is -0.393 e. The molecule has 0 bridgehead atoms. The van der Waals surface area contributed by atoms with Crippen molar-refractivity contribution < 1.29 is 0 Å². The van der Waals surface area contributed by atoms with Gasteiger partial charge in [-0.15, -0.1) is 0 Å². The lowest BCUT2D eigenvalue weighted by atomic mass is 10.1. The van der Waals surface area contributed by atoms with Crippen molar-refractivity contribution in [2.75, 3.05) is 20.3 Å². The first-order valence-corrected chi connectivity index (χ1v) is 4.51. The summed E-state index contributed by atoms with van der Waals surface area (Å²) in [4.78, 5) is 2.07. The van der Waals surface area contributed by atoms with E-state index in [1.54, 1.807) is 0 Å². The smallest absolute Gasteiger partial charge is 0.0660 e. The quantitative estimate of drug-likeness (QED) is 0.542. The van der Waals surface area contributed by atoms with Crippen molar-refractivity contribution in [3.8, 4) is 0 Å². The van der Waals surface area contributed by atoms with Crippen LogP contribution < -0.4 is 16.8 Å². The lowest BCUT2D eigenvalue weighted by Crippen LogP contribution is -2.46. The monoisotopic (exact) mass is 186 g/mol. The summed E-state index contributed by atoms with van der Waals surface area (Å²) in [6.45, 7) is 7.31. The summed E-state index contributed by atoms with van der Waals surface area (Å²) >= 11 is 0. The van der Waals surface area contributed by atoms with Gasteiger partial charge in [-0.1, -0.05) is 0 Å². The van der Waals surface area contributed by atoms with Crippen molar-refractivity contribution in [2.24, 2.45) is 11.5 Å². The molecule has 0 radical (unpaired) electrons. The molecular formula is C9H22N4. The van der Waals surface area contributed by atoms with Gasteiger partial charge in [0.15, 0.2) is 0 Å². The molecule has 0 atom stereocenters. The van der Waals surface area contributed by atoms with E-state index in [9.17, 15) is 0 Å². The Labute approximate surface area is 81.0 Å². The highest BCUT2D eigenvalue weighted by Gasteiger charge is 2.21. The van der Waals surface area contributed by atoms with Crippen LogP contribution in [0.2, 0.25) is 0 Å². The van der Waals surface area contributed by atoms with Crippen LogP contribution in [0.1, 0.15) is 20.8 Å². The summed E-state index contributed by atoms with van der Waals surface area (Å²) in [5.74, 6) is 0. The fourth-order valence-electron chi connectivity index (χ4n) is 1.24. The zero-order chi connectivity index (χ0) is 10.5. The van der Waals surface area contributed by atoms with Crippen LogP contribution in [0.4, 0.5) is 0 Å². The Morgan fingerprint density at radius 2 is 1.92 bits per heavy atom. The molecule has 78 valence electrons. The van der Waals surface area contributed by atoms with Gasteiger partial charge in [0.05, 0.1) is 6.67 Å². The molecule has 0 aliphatic heterocycles. The fraction of sp³-hybridized carbons (Fsp3) is 0.778. The van der Waals surface area contributed by atoms with Gasteiger partial charge in [-0.2, -0.15) is 0 Å². The van der Waals surface area contributed by atoms with Gasteiger partial charge < -0.3 is 21.7 Å². The molecule has 0 fully saturated rings. The van der Waals surface area contributed by atoms with Crippen LogP contribution in [0.5, 0.6) is 0 Å². The molecule has 0 aromatic heterocycles. The average Bonchev–Trinajstić information content (AvgIpc) is 2.01. The molecule has 0 saturated carbocycles. The summed E-state index contributed by atoms with van der Waals surface area (Å²) in [5, 5.41) is 2.97. The number of nitrogens with one attached hydrogen (secondary N) is 1. The van der Waals surface area contributed by atoms with Crippen molar-refractivity contribution in [3.63, 3.8) is 0 Å². The Morgan fingerprint density at radius 3 is 2.15 bits per heavy atom. The standard InChI is InChI=1S/C9H22N4/c1-9(2,3)13(7-11)8(5-10)6-12-4/h6,12H,5,7,10-11H2,1-4H3/b8-6+. The predicted molar refractivity (Wildman–Crippen MR) is 56.8 cm³/mol. The maximum absolute atomic E-state index is 5.67. The molecule has 0 aromatic carbocycles. The first kappa shape index (κ1) is 12.3. The molecule has 0 saturated heterocycles. The average molecular weight is 186 g/mol. The molecule has 0 rings (SSSR count). The van der Waals surface area contributed by atoms with Crippen LogP contribution >= 0.6 is 0 Å². The third-order valence-corrected chi connectivity index (χ3v) is 1.86. The fourth-order valence-corrected chi connectivity index (χ4v) is 1.24. The molecule has 0 heterocycles. The summed E-state index contributed by atoms with van der Waals surface area (Å²) in [5.41, 5.74) is 12.3. The number of nitrogens with zero attached hydrogens (tertiary/aromatic N) is 1. The third kappa shape index (κ3) is 3.65. The summed E-state index contributed by atoms with van der Waals surface area (Å²) in [7, 11) is 1.85. The van der Waals surface area contributed by atoms with E-state index in [1.165, 1.54) is 0 Å². The lowest BCUT2D eigenvalue weighted by Gasteiger charge is -2.37. The van der Waals surface area contributed by atoms with Gasteiger partial charge in [0.2, 0.25) is 0 Å². The van der Waals surface area contributed by atoms with E-state index in [-0.39, 0.29) is 5.54 Å². The van der Waals surface area contributed by atoms with Crippen LogP contribution in [0.15, 0.2) is 11.9 Å². The first-order valence-electron chi connectivity index (χ1n) is 4.51. The molecule has 0 amide bonds. The second-order valence-electron chi connectivity index (χ2n) is 3.91. The van der Waals surface area contributed by atoms with Crippen molar-refractivity contribution >= 4 is 0 Å². The molecule has 4 heteroatoms. The zero-order valence-corrected chi connectivity index (χ0v) is 9.09. The summed E-state index contributed by atoms with van der Waals surface area (Å²) in [6.07, 6.45) is 1.89. The maximum Gasteiger partial charge on any atom is 0.0660 e. The van der Waals surface area contributed by atoms with Crippen LogP contribution in [-0.4, -0.2) is 30.7 Å². The van der Waals surface area contributed by atoms with Crippen molar-refractivity contribution in [3.05, 3.63) is 11.9 Å². The predicted octanol–water partition coefficient (Wildman–Crippen LogP) is 0.0226. The van der Waals surface area contributed by atoms with Gasteiger partial charge >= 0.3 is 0 Å². The van der Waals surface area contributed by atoms with Crippen LogP contribution in [-0.2, 0) is 0 Å².